The lowest BCUT2D eigenvalue weighted by atomic mass is 9.83. The Kier molecular flexibility index (Phi) is 6.59. The van der Waals surface area contributed by atoms with Crippen LogP contribution in [0.5, 0.6) is 0 Å². The smallest absolute Gasteiger partial charge is 0.323 e. The van der Waals surface area contributed by atoms with Crippen LogP contribution in [-0.4, -0.2) is 33.3 Å². The number of esters is 2. The van der Waals surface area contributed by atoms with Crippen molar-refractivity contribution in [3.05, 3.63) is 47.5 Å². The fourth-order valence-corrected chi connectivity index (χ4v) is 4.14. The average Bonchev–Trinajstić information content (AvgIpc) is 3.01. The molecule has 1 aliphatic rings. The molecule has 26 heavy (non-hydrogen) atoms. The second-order valence-electron chi connectivity index (χ2n) is 7.11. The number of benzene rings is 1. The Morgan fingerprint density at radius 1 is 1.04 bits per heavy atom. The molecular formula is C21H28O5. The van der Waals surface area contributed by atoms with E-state index in [4.69, 9.17) is 14.2 Å². The summed E-state index contributed by atoms with van der Waals surface area (Å²) < 4.78 is 15.8. The summed E-state index contributed by atoms with van der Waals surface area (Å²) in [6, 6.07) is 9.87. The van der Waals surface area contributed by atoms with Crippen LogP contribution in [0.25, 0.3) is 0 Å². The van der Waals surface area contributed by atoms with E-state index in [2.05, 4.69) is 6.08 Å². The lowest BCUT2D eigenvalue weighted by Gasteiger charge is -2.27. The molecule has 1 fully saturated rings. The van der Waals surface area contributed by atoms with Gasteiger partial charge >= 0.3 is 11.9 Å². The van der Waals surface area contributed by atoms with Crippen LogP contribution >= 0.6 is 0 Å². The predicted molar refractivity (Wildman–Crippen MR) is 98.3 cm³/mol. The van der Waals surface area contributed by atoms with Gasteiger partial charge in [-0.15, -0.1) is 0 Å². The summed E-state index contributed by atoms with van der Waals surface area (Å²) in [5.41, 5.74) is 0.863. The largest absolute Gasteiger partial charge is 0.468 e. The third-order valence-electron chi connectivity index (χ3n) is 5.19. The number of ether oxygens (including phenoxy) is 3. The molecule has 0 saturated heterocycles. The standard InChI is InChI=1S/C21H28O5/c1-14(2)11-16-12-21(19(22)25-4,20(23)26-5)13-17(16)18(24-3)15-9-7-6-8-10-15/h6-11,16-18H,12-13H2,1-5H3/t16-,17-,18-/m1/s1. The summed E-state index contributed by atoms with van der Waals surface area (Å²) in [6.45, 7) is 4.02. The molecule has 1 aromatic rings. The molecule has 0 radical (unpaired) electrons. The van der Waals surface area contributed by atoms with E-state index in [1.807, 2.05) is 44.2 Å². The zero-order valence-corrected chi connectivity index (χ0v) is 16.2. The number of methoxy groups -OCH3 is 3. The van der Waals surface area contributed by atoms with Crippen molar-refractivity contribution in [3.63, 3.8) is 0 Å². The molecule has 0 bridgehead atoms. The first-order valence-corrected chi connectivity index (χ1v) is 8.79. The molecule has 0 N–H and O–H groups in total. The van der Waals surface area contributed by atoms with Crippen molar-refractivity contribution >= 4 is 11.9 Å². The van der Waals surface area contributed by atoms with Gasteiger partial charge in [-0.3, -0.25) is 9.59 Å². The Bertz CT molecular complexity index is 644. The monoisotopic (exact) mass is 360 g/mol. The van der Waals surface area contributed by atoms with Gasteiger partial charge < -0.3 is 14.2 Å². The molecule has 0 aliphatic heterocycles. The Morgan fingerprint density at radius 2 is 1.62 bits per heavy atom. The average molecular weight is 360 g/mol. The van der Waals surface area contributed by atoms with Crippen LogP contribution in [0.4, 0.5) is 0 Å². The van der Waals surface area contributed by atoms with E-state index in [1.54, 1.807) is 7.11 Å². The molecule has 0 aromatic heterocycles. The van der Waals surface area contributed by atoms with E-state index in [0.29, 0.717) is 12.8 Å². The minimum Gasteiger partial charge on any atom is -0.468 e. The summed E-state index contributed by atoms with van der Waals surface area (Å²) in [5.74, 6) is -1.12. The van der Waals surface area contributed by atoms with Gasteiger partial charge in [-0.25, -0.2) is 0 Å². The summed E-state index contributed by atoms with van der Waals surface area (Å²) in [4.78, 5) is 25.2. The van der Waals surface area contributed by atoms with Crippen molar-refractivity contribution in [2.45, 2.75) is 32.8 Å². The fourth-order valence-electron chi connectivity index (χ4n) is 4.14. The van der Waals surface area contributed by atoms with Crippen LogP contribution < -0.4 is 0 Å². The van der Waals surface area contributed by atoms with Gasteiger partial charge in [-0.05, 0) is 44.1 Å². The summed E-state index contributed by atoms with van der Waals surface area (Å²) in [7, 11) is 4.27. The first-order chi connectivity index (χ1) is 12.4. The Morgan fingerprint density at radius 3 is 2.08 bits per heavy atom. The summed E-state index contributed by atoms with van der Waals surface area (Å²) in [5, 5.41) is 0. The zero-order valence-electron chi connectivity index (χ0n) is 16.2. The normalized spacial score (nSPS) is 22.3. The third kappa shape index (κ3) is 3.83. The van der Waals surface area contributed by atoms with Gasteiger partial charge in [0.25, 0.3) is 0 Å². The number of allylic oxidation sites excluding steroid dienone is 2. The molecule has 5 heteroatoms. The van der Waals surface area contributed by atoms with Crippen LogP contribution in [0.2, 0.25) is 0 Å². The van der Waals surface area contributed by atoms with E-state index in [9.17, 15) is 9.59 Å². The maximum atomic E-state index is 12.6. The molecule has 0 amide bonds. The van der Waals surface area contributed by atoms with Crippen molar-refractivity contribution < 1.29 is 23.8 Å². The number of hydrogen-bond donors (Lipinski definition) is 0. The number of carbonyl (C=O) groups excluding carboxylic acids is 2. The molecular weight excluding hydrogens is 332 g/mol. The molecule has 5 nitrogen and oxygen atoms in total. The van der Waals surface area contributed by atoms with Gasteiger partial charge in [0.15, 0.2) is 5.41 Å². The minimum absolute atomic E-state index is 0.00311. The quantitative estimate of drug-likeness (QED) is 0.440. The van der Waals surface area contributed by atoms with Gasteiger partial charge in [0, 0.05) is 7.11 Å². The second kappa shape index (κ2) is 8.49. The molecule has 0 unspecified atom stereocenters. The summed E-state index contributed by atoms with van der Waals surface area (Å²) >= 11 is 0. The SMILES string of the molecule is COC(=O)C1(C(=O)OC)C[C@@H]([C@H](OC)c2ccccc2)[C@H](C=C(C)C)C1. The van der Waals surface area contributed by atoms with Crippen molar-refractivity contribution in [2.75, 3.05) is 21.3 Å². The Balaban J connectivity index is 2.49. The van der Waals surface area contributed by atoms with E-state index in [1.165, 1.54) is 14.2 Å². The van der Waals surface area contributed by atoms with E-state index in [-0.39, 0.29) is 17.9 Å². The van der Waals surface area contributed by atoms with Crippen LogP contribution in [0, 0.1) is 17.3 Å². The number of hydrogen-bond acceptors (Lipinski definition) is 5. The first-order valence-electron chi connectivity index (χ1n) is 8.79. The molecule has 0 spiro atoms. The molecule has 1 aromatic carbocycles. The highest BCUT2D eigenvalue weighted by atomic mass is 16.5. The van der Waals surface area contributed by atoms with Gasteiger partial charge in [-0.2, -0.15) is 0 Å². The maximum absolute atomic E-state index is 12.6. The highest BCUT2D eigenvalue weighted by Crippen LogP contribution is 2.53. The minimum atomic E-state index is -1.30. The van der Waals surface area contributed by atoms with Gasteiger partial charge in [0.1, 0.15) is 0 Å². The van der Waals surface area contributed by atoms with Crippen LogP contribution in [-0.2, 0) is 23.8 Å². The molecule has 3 atom stereocenters. The maximum Gasteiger partial charge on any atom is 0.323 e. The van der Waals surface area contributed by atoms with E-state index >= 15 is 0 Å². The lowest BCUT2D eigenvalue weighted by Crippen LogP contribution is -2.39. The van der Waals surface area contributed by atoms with Crippen molar-refractivity contribution in [1.82, 2.24) is 0 Å². The molecule has 1 saturated carbocycles. The van der Waals surface area contributed by atoms with Crippen molar-refractivity contribution in [1.29, 1.82) is 0 Å². The van der Waals surface area contributed by atoms with E-state index < -0.39 is 17.4 Å². The summed E-state index contributed by atoms with van der Waals surface area (Å²) in [6.07, 6.45) is 2.57. The fraction of sp³-hybridized carbons (Fsp3) is 0.524. The van der Waals surface area contributed by atoms with Gasteiger partial charge in [-0.1, -0.05) is 42.0 Å². The zero-order chi connectivity index (χ0) is 19.3. The highest BCUT2D eigenvalue weighted by molar-refractivity contribution is 6.00. The second-order valence-corrected chi connectivity index (χ2v) is 7.11. The first kappa shape index (κ1) is 20.2. The highest BCUT2D eigenvalue weighted by Gasteiger charge is 2.58. The topological polar surface area (TPSA) is 61.8 Å². The Labute approximate surface area is 155 Å². The molecule has 142 valence electrons. The molecule has 0 heterocycles. The number of carbonyl (C=O) groups is 2. The van der Waals surface area contributed by atoms with Gasteiger partial charge in [0.2, 0.25) is 0 Å². The predicted octanol–water partition coefficient (Wildman–Crippen LogP) is 3.70. The van der Waals surface area contributed by atoms with Crippen LogP contribution in [0.3, 0.4) is 0 Å². The lowest BCUT2D eigenvalue weighted by molar-refractivity contribution is -0.169. The number of rotatable bonds is 6. The van der Waals surface area contributed by atoms with E-state index in [0.717, 1.165) is 11.1 Å². The Hall–Kier alpha value is -2.14. The van der Waals surface area contributed by atoms with Crippen LogP contribution in [0.1, 0.15) is 38.4 Å². The van der Waals surface area contributed by atoms with Crippen molar-refractivity contribution in [3.8, 4) is 0 Å². The van der Waals surface area contributed by atoms with Gasteiger partial charge in [0.05, 0.1) is 20.3 Å². The van der Waals surface area contributed by atoms with Crippen LogP contribution in [0.15, 0.2) is 42.0 Å². The molecule has 1 aliphatic carbocycles. The van der Waals surface area contributed by atoms with Crippen molar-refractivity contribution in [2.24, 2.45) is 17.3 Å². The molecule has 2 rings (SSSR count). The third-order valence-corrected chi connectivity index (χ3v) is 5.19.